The van der Waals surface area contributed by atoms with Gasteiger partial charge in [0.15, 0.2) is 11.6 Å². The van der Waals surface area contributed by atoms with Gasteiger partial charge in [0, 0.05) is 0 Å². The molecule has 0 bridgehead atoms. The van der Waals surface area contributed by atoms with Gasteiger partial charge in [0.25, 0.3) is 0 Å². The van der Waals surface area contributed by atoms with Crippen LogP contribution in [0, 0.1) is 5.82 Å². The number of hydrogen-bond acceptors (Lipinski definition) is 2. The van der Waals surface area contributed by atoms with Gasteiger partial charge in [-0.3, -0.25) is 0 Å². The second kappa shape index (κ2) is 5.19. The molecule has 0 spiro atoms. The van der Waals surface area contributed by atoms with Crippen LogP contribution in [0.3, 0.4) is 0 Å². The Bertz CT molecular complexity index is 529. The number of phenolic OH excluding ortho intramolecular Hbond substituents is 1. The molecule has 17 heavy (non-hydrogen) atoms. The summed E-state index contributed by atoms with van der Waals surface area (Å²) in [5.74, 6) is -0.288. The second-order valence-corrected chi connectivity index (χ2v) is 4.36. The van der Waals surface area contributed by atoms with Crippen molar-refractivity contribution in [1.82, 2.24) is 0 Å². The molecular formula is C13H10BrFO2. The van der Waals surface area contributed by atoms with E-state index in [1.165, 1.54) is 12.1 Å². The molecule has 0 heterocycles. The number of hydrogen-bond donors (Lipinski definition) is 1. The molecule has 1 N–H and O–H groups in total. The molecule has 2 nitrogen and oxygen atoms in total. The number of rotatable bonds is 3. The Morgan fingerprint density at radius 1 is 1.18 bits per heavy atom. The van der Waals surface area contributed by atoms with Crippen LogP contribution in [-0.4, -0.2) is 5.11 Å². The Balaban J connectivity index is 2.08. The molecule has 0 atom stereocenters. The number of phenols is 1. The lowest BCUT2D eigenvalue weighted by atomic mass is 10.2. The molecule has 0 unspecified atom stereocenters. The van der Waals surface area contributed by atoms with E-state index in [4.69, 9.17) is 4.74 Å². The van der Waals surface area contributed by atoms with Crippen LogP contribution in [0.4, 0.5) is 4.39 Å². The van der Waals surface area contributed by atoms with E-state index < -0.39 is 5.82 Å². The zero-order valence-electron chi connectivity index (χ0n) is 8.86. The lowest BCUT2D eigenvalue weighted by Crippen LogP contribution is -1.96. The highest BCUT2D eigenvalue weighted by molar-refractivity contribution is 9.10. The monoisotopic (exact) mass is 296 g/mol. The van der Waals surface area contributed by atoms with Crippen molar-refractivity contribution in [2.24, 2.45) is 0 Å². The first kappa shape index (κ1) is 11.9. The molecule has 4 heteroatoms. The first-order valence-electron chi connectivity index (χ1n) is 5.01. The van der Waals surface area contributed by atoms with E-state index in [2.05, 4.69) is 15.9 Å². The summed E-state index contributed by atoms with van der Waals surface area (Å²) in [5, 5.41) is 9.21. The van der Waals surface area contributed by atoms with E-state index in [0.29, 0.717) is 11.3 Å². The van der Waals surface area contributed by atoms with Gasteiger partial charge in [-0.2, -0.15) is 0 Å². The number of benzene rings is 2. The van der Waals surface area contributed by atoms with Gasteiger partial charge in [-0.1, -0.05) is 18.2 Å². The molecule has 0 fully saturated rings. The SMILES string of the molecule is Oc1cc(COc2ccccc2Br)ccc1F. The van der Waals surface area contributed by atoms with Gasteiger partial charge in [0.2, 0.25) is 0 Å². The molecule has 0 saturated carbocycles. The Kier molecular flexibility index (Phi) is 3.64. The molecule has 88 valence electrons. The van der Waals surface area contributed by atoms with Crippen molar-refractivity contribution in [1.29, 1.82) is 0 Å². The van der Waals surface area contributed by atoms with Crippen molar-refractivity contribution in [3.63, 3.8) is 0 Å². The zero-order valence-corrected chi connectivity index (χ0v) is 10.4. The largest absolute Gasteiger partial charge is 0.505 e. The normalized spacial score (nSPS) is 10.2. The molecule has 0 saturated heterocycles. The fourth-order valence-corrected chi connectivity index (χ4v) is 1.77. The highest BCUT2D eigenvalue weighted by Crippen LogP contribution is 2.25. The van der Waals surface area contributed by atoms with Crippen molar-refractivity contribution >= 4 is 15.9 Å². The Morgan fingerprint density at radius 3 is 2.65 bits per heavy atom. The summed E-state index contributed by atoms with van der Waals surface area (Å²) in [6, 6.07) is 11.6. The van der Waals surface area contributed by atoms with Crippen molar-refractivity contribution < 1.29 is 14.2 Å². The first-order valence-corrected chi connectivity index (χ1v) is 5.81. The first-order chi connectivity index (χ1) is 8.16. The van der Waals surface area contributed by atoms with Gasteiger partial charge >= 0.3 is 0 Å². The van der Waals surface area contributed by atoms with Crippen LogP contribution >= 0.6 is 15.9 Å². The van der Waals surface area contributed by atoms with Gasteiger partial charge in [0.05, 0.1) is 4.47 Å². The zero-order chi connectivity index (χ0) is 12.3. The number of halogens is 2. The molecule has 2 aromatic carbocycles. The van der Waals surface area contributed by atoms with Crippen molar-refractivity contribution in [2.75, 3.05) is 0 Å². The van der Waals surface area contributed by atoms with E-state index in [9.17, 15) is 9.50 Å². The maximum atomic E-state index is 12.8. The van der Waals surface area contributed by atoms with Crippen LogP contribution in [0.25, 0.3) is 0 Å². The number of para-hydroxylation sites is 1. The Labute approximate surface area is 107 Å². The number of ether oxygens (including phenoxy) is 1. The highest BCUT2D eigenvalue weighted by Gasteiger charge is 2.03. The predicted octanol–water partition coefficient (Wildman–Crippen LogP) is 3.87. The molecule has 2 rings (SSSR count). The average Bonchev–Trinajstić information content (AvgIpc) is 2.32. The molecule has 0 amide bonds. The standard InChI is InChI=1S/C13H10BrFO2/c14-10-3-1-2-4-13(10)17-8-9-5-6-11(15)12(16)7-9/h1-7,16H,8H2. The summed E-state index contributed by atoms with van der Waals surface area (Å²) in [6.07, 6.45) is 0. The summed E-state index contributed by atoms with van der Waals surface area (Å²) in [7, 11) is 0. The maximum Gasteiger partial charge on any atom is 0.164 e. The Hall–Kier alpha value is -1.55. The second-order valence-electron chi connectivity index (χ2n) is 3.50. The van der Waals surface area contributed by atoms with Crippen LogP contribution in [0.2, 0.25) is 0 Å². The molecule has 0 radical (unpaired) electrons. The van der Waals surface area contributed by atoms with E-state index in [-0.39, 0.29) is 12.4 Å². The average molecular weight is 297 g/mol. The fraction of sp³-hybridized carbons (Fsp3) is 0.0769. The summed E-state index contributed by atoms with van der Waals surface area (Å²) in [4.78, 5) is 0. The van der Waals surface area contributed by atoms with Crippen LogP contribution in [0.15, 0.2) is 46.9 Å². The topological polar surface area (TPSA) is 29.5 Å². The van der Waals surface area contributed by atoms with Crippen molar-refractivity contribution in [3.05, 3.63) is 58.3 Å². The van der Waals surface area contributed by atoms with Crippen molar-refractivity contribution in [2.45, 2.75) is 6.61 Å². The van der Waals surface area contributed by atoms with E-state index in [1.807, 2.05) is 24.3 Å². The Morgan fingerprint density at radius 2 is 1.94 bits per heavy atom. The highest BCUT2D eigenvalue weighted by atomic mass is 79.9. The van der Waals surface area contributed by atoms with Crippen LogP contribution in [0.5, 0.6) is 11.5 Å². The molecule has 2 aromatic rings. The minimum absolute atomic E-state index is 0.274. The van der Waals surface area contributed by atoms with Gasteiger partial charge < -0.3 is 9.84 Å². The maximum absolute atomic E-state index is 12.8. The molecule has 0 aliphatic rings. The minimum Gasteiger partial charge on any atom is -0.505 e. The third-order valence-electron chi connectivity index (χ3n) is 2.24. The molecule has 0 aliphatic carbocycles. The van der Waals surface area contributed by atoms with E-state index in [1.54, 1.807) is 6.07 Å². The number of aromatic hydroxyl groups is 1. The van der Waals surface area contributed by atoms with E-state index in [0.717, 1.165) is 4.47 Å². The molecule has 0 aliphatic heterocycles. The summed E-state index contributed by atoms with van der Waals surface area (Å²) < 4.78 is 19.2. The van der Waals surface area contributed by atoms with Crippen LogP contribution < -0.4 is 4.74 Å². The smallest absolute Gasteiger partial charge is 0.164 e. The van der Waals surface area contributed by atoms with E-state index >= 15 is 0 Å². The predicted molar refractivity (Wildman–Crippen MR) is 66.5 cm³/mol. The van der Waals surface area contributed by atoms with Gasteiger partial charge in [0.1, 0.15) is 12.4 Å². The quantitative estimate of drug-likeness (QED) is 0.931. The third kappa shape index (κ3) is 2.97. The van der Waals surface area contributed by atoms with Crippen LogP contribution in [-0.2, 0) is 6.61 Å². The van der Waals surface area contributed by atoms with Gasteiger partial charge in [-0.25, -0.2) is 4.39 Å². The molecule has 0 aromatic heterocycles. The van der Waals surface area contributed by atoms with Crippen molar-refractivity contribution in [3.8, 4) is 11.5 Å². The lowest BCUT2D eigenvalue weighted by Gasteiger charge is -2.08. The van der Waals surface area contributed by atoms with Crippen LogP contribution in [0.1, 0.15) is 5.56 Å². The summed E-state index contributed by atoms with van der Waals surface area (Å²) >= 11 is 3.36. The van der Waals surface area contributed by atoms with Gasteiger partial charge in [-0.15, -0.1) is 0 Å². The molecular weight excluding hydrogens is 287 g/mol. The fourth-order valence-electron chi connectivity index (χ4n) is 1.37. The summed E-state index contributed by atoms with van der Waals surface area (Å²) in [6.45, 7) is 0.274. The minimum atomic E-state index is -0.630. The summed E-state index contributed by atoms with van der Waals surface area (Å²) in [5.41, 5.74) is 0.708. The van der Waals surface area contributed by atoms with Gasteiger partial charge in [-0.05, 0) is 45.8 Å². The third-order valence-corrected chi connectivity index (χ3v) is 2.90. The lowest BCUT2D eigenvalue weighted by molar-refractivity contribution is 0.303.